The number of hydrogen-bond acceptors (Lipinski definition) is 2. The van der Waals surface area contributed by atoms with Crippen molar-refractivity contribution in [1.82, 2.24) is 0 Å². The van der Waals surface area contributed by atoms with E-state index in [2.05, 4.69) is 4.52 Å². The summed E-state index contributed by atoms with van der Waals surface area (Å²) >= 11 is 10.3. The van der Waals surface area contributed by atoms with Crippen LogP contribution in [0, 0.1) is 0 Å². The van der Waals surface area contributed by atoms with Gasteiger partial charge in [0.1, 0.15) is 4.84 Å². The third-order valence-corrected chi connectivity index (χ3v) is 0.998. The summed E-state index contributed by atoms with van der Waals surface area (Å²) < 4.78 is 13.9. The monoisotopic (exact) mass is 178 g/mol. The van der Waals surface area contributed by atoms with E-state index in [-0.39, 0.29) is 6.61 Å². The first-order chi connectivity index (χ1) is 3.63. The van der Waals surface area contributed by atoms with Crippen molar-refractivity contribution in [3.05, 3.63) is 0 Å². The SMILES string of the molecule is O=[PH](O)OCC(Cl)Cl. The molecular formula is C2H5Cl2O3P. The maximum absolute atomic E-state index is 9.75. The van der Waals surface area contributed by atoms with Crippen LogP contribution in [0.25, 0.3) is 0 Å². The van der Waals surface area contributed by atoms with Gasteiger partial charge in [-0.2, -0.15) is 0 Å². The van der Waals surface area contributed by atoms with Crippen molar-refractivity contribution in [3.8, 4) is 0 Å². The van der Waals surface area contributed by atoms with Crippen molar-refractivity contribution < 1.29 is 14.0 Å². The standard InChI is InChI=1S/C2H5Cl2O3P/c3-2(4)1-7-8(5)6/h2,8H,1H2,(H,5,6). The van der Waals surface area contributed by atoms with Gasteiger partial charge in [-0.1, -0.05) is 0 Å². The summed E-state index contributed by atoms with van der Waals surface area (Å²) in [5.41, 5.74) is 0. The quantitative estimate of drug-likeness (QED) is 0.522. The molecule has 0 aromatic heterocycles. The van der Waals surface area contributed by atoms with E-state index < -0.39 is 13.1 Å². The van der Waals surface area contributed by atoms with E-state index in [9.17, 15) is 4.57 Å². The summed E-state index contributed by atoms with van der Waals surface area (Å²) in [6, 6.07) is 0. The number of hydrogen-bond donors (Lipinski definition) is 1. The second-order valence-electron chi connectivity index (χ2n) is 0.968. The first-order valence-electron chi connectivity index (χ1n) is 1.77. The van der Waals surface area contributed by atoms with E-state index in [0.29, 0.717) is 0 Å². The molecule has 3 nitrogen and oxygen atoms in total. The zero-order valence-electron chi connectivity index (χ0n) is 3.80. The largest absolute Gasteiger partial charge is 0.326 e. The van der Waals surface area contributed by atoms with Crippen LogP contribution in [0.15, 0.2) is 0 Å². The van der Waals surface area contributed by atoms with E-state index in [1.54, 1.807) is 0 Å². The molecule has 1 N–H and O–H groups in total. The van der Waals surface area contributed by atoms with Gasteiger partial charge < -0.3 is 9.42 Å². The van der Waals surface area contributed by atoms with Crippen LogP contribution < -0.4 is 0 Å². The first kappa shape index (κ1) is 8.73. The fourth-order valence-corrected chi connectivity index (χ4v) is 0.781. The summed E-state index contributed by atoms with van der Waals surface area (Å²) in [5.74, 6) is 0. The molecule has 0 bridgehead atoms. The van der Waals surface area contributed by atoms with Gasteiger partial charge in [-0.25, -0.2) is 0 Å². The lowest BCUT2D eigenvalue weighted by Gasteiger charge is -1.96. The Labute approximate surface area is 57.5 Å². The average Bonchev–Trinajstić information content (AvgIpc) is 1.61. The molecule has 0 radical (unpaired) electrons. The number of alkyl halides is 2. The highest BCUT2D eigenvalue weighted by atomic mass is 35.5. The molecule has 0 saturated carbocycles. The zero-order valence-corrected chi connectivity index (χ0v) is 6.32. The third-order valence-electron chi connectivity index (χ3n) is 0.333. The molecule has 8 heavy (non-hydrogen) atoms. The second-order valence-corrected chi connectivity index (χ2v) is 3.07. The van der Waals surface area contributed by atoms with Gasteiger partial charge in [0.2, 0.25) is 0 Å². The van der Waals surface area contributed by atoms with Gasteiger partial charge in [0.15, 0.2) is 0 Å². The highest BCUT2D eigenvalue weighted by Gasteiger charge is 1.98. The van der Waals surface area contributed by atoms with Crippen molar-refractivity contribution in [1.29, 1.82) is 0 Å². The predicted molar refractivity (Wildman–Crippen MR) is 32.7 cm³/mol. The lowest BCUT2D eigenvalue weighted by atomic mass is 10.9. The highest BCUT2D eigenvalue weighted by Crippen LogP contribution is 2.16. The van der Waals surface area contributed by atoms with Gasteiger partial charge in [0.25, 0.3) is 0 Å². The van der Waals surface area contributed by atoms with Crippen LogP contribution in [0.3, 0.4) is 0 Å². The molecule has 0 aromatic rings. The summed E-state index contributed by atoms with van der Waals surface area (Å²) in [6.07, 6.45) is 0. The van der Waals surface area contributed by atoms with E-state index in [4.69, 9.17) is 28.1 Å². The van der Waals surface area contributed by atoms with Crippen LogP contribution >= 0.6 is 31.5 Å². The Morgan fingerprint density at radius 2 is 2.25 bits per heavy atom. The Hall–Kier alpha value is 0.730. The molecule has 0 rings (SSSR count). The maximum atomic E-state index is 9.75. The topological polar surface area (TPSA) is 46.5 Å². The molecule has 0 amide bonds. The Kier molecular flexibility index (Phi) is 5.01. The average molecular weight is 179 g/mol. The van der Waals surface area contributed by atoms with Crippen LogP contribution in [-0.4, -0.2) is 16.3 Å². The van der Waals surface area contributed by atoms with Crippen molar-refractivity contribution in [2.45, 2.75) is 4.84 Å². The van der Waals surface area contributed by atoms with Crippen molar-refractivity contribution >= 4 is 31.5 Å². The van der Waals surface area contributed by atoms with Crippen LogP contribution in [0.4, 0.5) is 0 Å². The molecule has 0 fully saturated rings. The minimum Gasteiger partial charge on any atom is -0.326 e. The van der Waals surface area contributed by atoms with Crippen LogP contribution in [-0.2, 0) is 9.09 Å². The molecule has 0 aliphatic heterocycles. The second kappa shape index (κ2) is 4.59. The van der Waals surface area contributed by atoms with Gasteiger partial charge >= 0.3 is 8.25 Å². The predicted octanol–water partition coefficient (Wildman–Crippen LogP) is 1.19. The van der Waals surface area contributed by atoms with Gasteiger partial charge in [0, 0.05) is 0 Å². The fourth-order valence-electron chi connectivity index (χ4n) is 0.134. The number of halogens is 2. The normalized spacial score (nSPS) is 14.5. The Morgan fingerprint density at radius 1 is 1.75 bits per heavy atom. The minimum absolute atomic E-state index is 0.0998. The fraction of sp³-hybridized carbons (Fsp3) is 1.00. The zero-order chi connectivity index (χ0) is 6.57. The molecule has 1 unspecified atom stereocenters. The smallest absolute Gasteiger partial charge is 0.316 e. The summed E-state index contributed by atoms with van der Waals surface area (Å²) in [5, 5.41) is 0. The van der Waals surface area contributed by atoms with Gasteiger partial charge in [-0.05, 0) is 0 Å². The Balaban J connectivity index is 3.05. The molecule has 0 heterocycles. The van der Waals surface area contributed by atoms with E-state index >= 15 is 0 Å². The first-order valence-corrected chi connectivity index (χ1v) is 3.90. The lowest BCUT2D eigenvalue weighted by molar-refractivity contribution is 0.294. The van der Waals surface area contributed by atoms with Gasteiger partial charge in [-0.3, -0.25) is 4.57 Å². The van der Waals surface area contributed by atoms with E-state index in [1.165, 1.54) is 0 Å². The van der Waals surface area contributed by atoms with Crippen LogP contribution in [0.2, 0.25) is 0 Å². The minimum atomic E-state index is -2.85. The summed E-state index contributed by atoms with van der Waals surface area (Å²) in [7, 11) is -2.85. The molecule has 0 saturated heterocycles. The molecule has 6 heteroatoms. The van der Waals surface area contributed by atoms with Crippen molar-refractivity contribution in [2.24, 2.45) is 0 Å². The summed E-state index contributed by atoms with van der Waals surface area (Å²) in [4.78, 5) is 7.28. The molecule has 0 spiro atoms. The maximum Gasteiger partial charge on any atom is 0.316 e. The molecule has 50 valence electrons. The van der Waals surface area contributed by atoms with E-state index in [1.807, 2.05) is 0 Å². The van der Waals surface area contributed by atoms with Gasteiger partial charge in [-0.15, -0.1) is 23.2 Å². The Bertz CT molecular complexity index is 85.4. The molecule has 0 aromatic carbocycles. The van der Waals surface area contributed by atoms with Crippen LogP contribution in [0.5, 0.6) is 0 Å². The third kappa shape index (κ3) is 6.73. The van der Waals surface area contributed by atoms with Gasteiger partial charge in [0.05, 0.1) is 6.61 Å². The van der Waals surface area contributed by atoms with Crippen LogP contribution in [0.1, 0.15) is 0 Å². The number of rotatable bonds is 3. The molecular weight excluding hydrogens is 174 g/mol. The highest BCUT2D eigenvalue weighted by molar-refractivity contribution is 7.32. The van der Waals surface area contributed by atoms with E-state index in [0.717, 1.165) is 0 Å². The molecule has 0 aliphatic carbocycles. The summed E-state index contributed by atoms with van der Waals surface area (Å²) in [6.45, 7) is -0.0998. The Morgan fingerprint density at radius 3 is 2.38 bits per heavy atom. The molecule has 1 atom stereocenters. The van der Waals surface area contributed by atoms with Crippen molar-refractivity contribution in [3.63, 3.8) is 0 Å². The lowest BCUT2D eigenvalue weighted by Crippen LogP contribution is -1.95. The molecule has 0 aliphatic rings. The van der Waals surface area contributed by atoms with Crippen molar-refractivity contribution in [2.75, 3.05) is 6.61 Å².